The van der Waals surface area contributed by atoms with Gasteiger partial charge < -0.3 is 9.80 Å². The molecule has 5 saturated carbocycles. The van der Waals surface area contributed by atoms with E-state index in [1.807, 2.05) is 0 Å². The second kappa shape index (κ2) is 28.2. The summed E-state index contributed by atoms with van der Waals surface area (Å²) in [7, 11) is 7.80. The summed E-state index contributed by atoms with van der Waals surface area (Å²) < 4.78 is 0. The van der Waals surface area contributed by atoms with Crippen molar-refractivity contribution >= 4 is 12.6 Å². The first-order valence-electron chi connectivity index (χ1n) is 19.5. The first-order valence-corrected chi connectivity index (χ1v) is 21.9. The van der Waals surface area contributed by atoms with Crippen LogP contribution >= 0.6 is 7.26 Å². The van der Waals surface area contributed by atoms with E-state index in [-0.39, 0.29) is 49.0 Å². The Balaban J connectivity index is 0. The normalized spacial score (nSPS) is 24.8. The molecule has 5 aliphatic carbocycles. The van der Waals surface area contributed by atoms with Crippen LogP contribution in [0.5, 0.6) is 0 Å². The van der Waals surface area contributed by atoms with E-state index in [4.69, 9.17) is 0 Å². The first-order chi connectivity index (χ1) is 21.3. The quantitative estimate of drug-likeness (QED) is 0.201. The van der Waals surface area contributed by atoms with Gasteiger partial charge in [0.15, 0.2) is 0 Å². The summed E-state index contributed by atoms with van der Waals surface area (Å²) in [5.41, 5.74) is 1.93. The van der Waals surface area contributed by atoms with Gasteiger partial charge in [-0.2, -0.15) is 0 Å². The number of hydrogen-bond donors (Lipinski definition) is 0. The van der Waals surface area contributed by atoms with E-state index < -0.39 is 7.26 Å². The molecule has 0 radical (unpaired) electrons. The van der Waals surface area contributed by atoms with Crippen molar-refractivity contribution in [3.63, 3.8) is 0 Å². The van der Waals surface area contributed by atoms with Crippen LogP contribution in [0.2, 0.25) is 0 Å². The molecule has 0 aromatic heterocycles. The van der Waals surface area contributed by atoms with Gasteiger partial charge in [-0.15, -0.1) is 0 Å². The second-order valence-electron chi connectivity index (χ2n) is 15.9. The van der Waals surface area contributed by atoms with Crippen LogP contribution in [0.3, 0.4) is 0 Å². The van der Waals surface area contributed by atoms with Gasteiger partial charge in [-0.05, 0) is 118 Å². The van der Waals surface area contributed by atoms with Crippen molar-refractivity contribution < 1.29 is 34.1 Å². The van der Waals surface area contributed by atoms with Gasteiger partial charge in [0.2, 0.25) is 0 Å². The molecule has 6 rings (SSSR count). The van der Waals surface area contributed by atoms with Crippen LogP contribution < -0.4 is 5.30 Å². The fourth-order valence-electron chi connectivity index (χ4n) is 9.25. The van der Waals surface area contributed by atoms with Crippen molar-refractivity contribution in [2.45, 2.75) is 193 Å². The zero-order valence-corrected chi connectivity index (χ0v) is 34.6. The first kappa shape index (κ1) is 50.7. The molecule has 5 fully saturated rings. The van der Waals surface area contributed by atoms with Crippen LogP contribution in [0.4, 0.5) is 0 Å². The summed E-state index contributed by atoms with van der Waals surface area (Å²) >= 11 is 0. The summed E-state index contributed by atoms with van der Waals surface area (Å²) in [5.74, 6) is 1.87. The van der Waals surface area contributed by atoms with Gasteiger partial charge in [0.05, 0.1) is 30.5 Å². The maximum Gasteiger partial charge on any atom is 0.0942 e. The molecule has 2 nitrogen and oxygen atoms in total. The van der Waals surface area contributed by atoms with Crippen molar-refractivity contribution in [2.24, 2.45) is 11.8 Å². The molecule has 0 spiro atoms. The molecule has 3 unspecified atom stereocenters. The zero-order chi connectivity index (χ0) is 31.8. The molecule has 0 bridgehead atoms. The molecule has 5 aliphatic rings. The van der Waals surface area contributed by atoms with E-state index >= 15 is 0 Å². The van der Waals surface area contributed by atoms with Crippen LogP contribution in [0.25, 0.3) is 0 Å². The summed E-state index contributed by atoms with van der Waals surface area (Å²) in [5, 5.41) is 1.72. The van der Waals surface area contributed by atoms with Crippen LogP contribution in [0, 0.1) is 11.8 Å². The van der Waals surface area contributed by atoms with Gasteiger partial charge in [0, 0.05) is 52.1 Å². The Bertz CT molecular complexity index is 822. The summed E-state index contributed by atoms with van der Waals surface area (Å²) in [4.78, 5) is 4.81. The minimum absolute atomic E-state index is 0. The minimum Gasteiger partial charge on any atom is -0.306 e. The molecule has 0 heterocycles. The molecule has 48 heavy (non-hydrogen) atoms. The van der Waals surface area contributed by atoms with E-state index in [1.165, 1.54) is 141 Å². The fourth-order valence-corrected chi connectivity index (χ4v) is 14.8. The minimum atomic E-state index is -1.12. The van der Waals surface area contributed by atoms with E-state index in [1.54, 1.807) is 5.30 Å². The molecule has 5 atom stereocenters. The van der Waals surface area contributed by atoms with E-state index in [0.717, 1.165) is 29.2 Å². The third-order valence-corrected chi connectivity index (χ3v) is 18.2. The molecule has 1 aromatic carbocycles. The van der Waals surface area contributed by atoms with E-state index in [2.05, 4.69) is 88.8 Å². The molecule has 0 aliphatic heterocycles. The maximum absolute atomic E-state index is 2.74. The van der Waals surface area contributed by atoms with Gasteiger partial charge in [-0.1, -0.05) is 117 Å². The summed E-state index contributed by atoms with van der Waals surface area (Å²) in [6.45, 7) is 7.55. The Morgan fingerprint density at radius 1 is 0.521 bits per heavy atom. The summed E-state index contributed by atoms with van der Waals surface area (Å²) in [6.07, 6.45) is 32.6. The molecule has 286 valence electrons. The average molecular weight is 772 g/mol. The van der Waals surface area contributed by atoms with Crippen LogP contribution in [-0.2, 0) is 34.1 Å². The van der Waals surface area contributed by atoms with E-state index in [9.17, 15) is 0 Å². The molecule has 0 saturated heterocycles. The number of hydrogen-bond acceptors (Lipinski definition) is 2. The Kier molecular flexibility index (Phi) is 29.7. The SMILES string of the molecule is C.C.C1CCCC1.C1CCCC1.C[C@H](C1CCCC1)N(C)C.C[C@H](C1CCCC1[P+](C)(c1ccccc1)C1CCCCC1)N(C)C.[Fe].[Fe]. The summed E-state index contributed by atoms with van der Waals surface area (Å²) in [6, 6.07) is 13.2. The fraction of sp³-hybridized carbons (Fsp3) is 0.860. The smallest absolute Gasteiger partial charge is 0.0942 e. The predicted molar refractivity (Wildman–Crippen MR) is 215 cm³/mol. The van der Waals surface area contributed by atoms with Gasteiger partial charge in [0.1, 0.15) is 0 Å². The third-order valence-electron chi connectivity index (χ3n) is 12.7. The number of rotatable bonds is 7. The van der Waals surface area contributed by atoms with Crippen molar-refractivity contribution in [1.29, 1.82) is 0 Å². The number of nitrogens with zero attached hydrogens (tertiary/aromatic N) is 2. The van der Waals surface area contributed by atoms with E-state index in [0.29, 0.717) is 6.04 Å². The van der Waals surface area contributed by atoms with Crippen molar-refractivity contribution in [3.05, 3.63) is 30.3 Å². The molecule has 1 aromatic rings. The van der Waals surface area contributed by atoms with Gasteiger partial charge in [0.25, 0.3) is 0 Å². The largest absolute Gasteiger partial charge is 0.306 e. The van der Waals surface area contributed by atoms with Crippen molar-refractivity contribution in [1.82, 2.24) is 9.80 Å². The Labute approximate surface area is 325 Å². The van der Waals surface area contributed by atoms with Gasteiger partial charge >= 0.3 is 0 Å². The Morgan fingerprint density at radius 3 is 1.33 bits per heavy atom. The van der Waals surface area contributed by atoms with Crippen LogP contribution in [-0.4, -0.2) is 68.1 Å². The Morgan fingerprint density at radius 2 is 0.917 bits per heavy atom. The molecule has 0 N–H and O–H groups in total. The predicted octanol–water partition coefficient (Wildman–Crippen LogP) is 12.7. The monoisotopic (exact) mass is 772 g/mol. The zero-order valence-electron chi connectivity index (χ0n) is 31.5. The molecular formula is C43H84Fe2N2P+. The average Bonchev–Trinajstić information content (AvgIpc) is 3.89. The van der Waals surface area contributed by atoms with Crippen molar-refractivity contribution in [2.75, 3.05) is 34.9 Å². The van der Waals surface area contributed by atoms with Crippen LogP contribution in [0.1, 0.15) is 170 Å². The van der Waals surface area contributed by atoms with Gasteiger partial charge in [-0.3, -0.25) is 0 Å². The second-order valence-corrected chi connectivity index (χ2v) is 20.1. The van der Waals surface area contributed by atoms with Gasteiger partial charge in [-0.25, -0.2) is 0 Å². The third kappa shape index (κ3) is 16.1. The maximum atomic E-state index is 2.74. The topological polar surface area (TPSA) is 6.48 Å². The standard InChI is InChI=1S/C22H37NP.C9H19N.2C5H10.2CH4.2Fe/c1-18(23(2)3)21-16-11-17-22(21)24(4,19-12-7-5-8-13-19)20-14-9-6-10-15-20;1-8(10(2)3)9-6-4-5-7-9;2*1-2-4-5-3-1;;;;/h5,7-8,12-13,18,20-22H,6,9-11,14-17H2,1-4H3;8-9H,4-7H2,1-3H3;2*1-5H2;2*1H4;;/q+1;;;;;;;/t18-,21?,22?,24?;8-;;;;;;/m11....../s1. The van der Waals surface area contributed by atoms with Crippen LogP contribution in [0.15, 0.2) is 30.3 Å². The Hall–Kier alpha value is 0.609. The van der Waals surface area contributed by atoms with Crippen molar-refractivity contribution in [3.8, 4) is 0 Å². The number of benzene rings is 1. The molecule has 0 amide bonds. The molecular weight excluding hydrogens is 687 g/mol. The molecule has 5 heteroatoms.